The minimum atomic E-state index is -0.254. The maximum Gasteiger partial charge on any atom is 0.274 e. The van der Waals surface area contributed by atoms with E-state index in [2.05, 4.69) is 20.6 Å². The Kier molecular flexibility index (Phi) is 5.25. The second kappa shape index (κ2) is 7.77. The van der Waals surface area contributed by atoms with Gasteiger partial charge in [-0.3, -0.25) is 4.79 Å². The molecule has 24 heavy (non-hydrogen) atoms. The summed E-state index contributed by atoms with van der Waals surface area (Å²) >= 11 is 0. The van der Waals surface area contributed by atoms with Crippen LogP contribution in [0.5, 0.6) is 5.75 Å². The number of aromatic nitrogens is 2. The maximum absolute atomic E-state index is 12.4. The number of hydrogen-bond acceptors (Lipinski definition) is 5. The van der Waals surface area contributed by atoms with Crippen molar-refractivity contribution in [2.45, 2.75) is 38.6 Å². The first kappa shape index (κ1) is 16.2. The Morgan fingerprint density at radius 1 is 1.21 bits per heavy atom. The molecule has 3 rings (SSSR count). The molecule has 1 heterocycles. The fourth-order valence-electron chi connectivity index (χ4n) is 2.80. The summed E-state index contributed by atoms with van der Waals surface area (Å²) in [4.78, 5) is 20.9. The molecule has 6 nitrogen and oxygen atoms in total. The molecule has 126 valence electrons. The molecule has 2 N–H and O–H groups in total. The van der Waals surface area contributed by atoms with Gasteiger partial charge in [0.2, 0.25) is 5.95 Å². The van der Waals surface area contributed by atoms with Crippen molar-refractivity contribution in [1.82, 2.24) is 9.97 Å². The van der Waals surface area contributed by atoms with Crippen LogP contribution < -0.4 is 15.4 Å². The highest BCUT2D eigenvalue weighted by Gasteiger charge is 2.16. The SMILES string of the molecule is CCOc1ccc(NC(=O)c2ccnc(NC3CCCC3)n2)cc1. The highest BCUT2D eigenvalue weighted by molar-refractivity contribution is 6.02. The van der Waals surface area contributed by atoms with Crippen LogP contribution in [0.2, 0.25) is 0 Å². The van der Waals surface area contributed by atoms with Crippen molar-refractivity contribution in [2.24, 2.45) is 0 Å². The fraction of sp³-hybridized carbons (Fsp3) is 0.389. The molecule has 0 bridgehead atoms. The van der Waals surface area contributed by atoms with Crippen LogP contribution in [-0.2, 0) is 0 Å². The third-order valence-electron chi connectivity index (χ3n) is 4.00. The summed E-state index contributed by atoms with van der Waals surface area (Å²) in [5.74, 6) is 1.04. The number of benzene rings is 1. The first-order valence-electron chi connectivity index (χ1n) is 8.38. The van der Waals surface area contributed by atoms with Crippen molar-refractivity contribution in [3.05, 3.63) is 42.2 Å². The van der Waals surface area contributed by atoms with Gasteiger partial charge >= 0.3 is 0 Å². The van der Waals surface area contributed by atoms with Crippen LogP contribution in [0.4, 0.5) is 11.6 Å². The number of anilines is 2. The van der Waals surface area contributed by atoms with Gasteiger partial charge in [0, 0.05) is 17.9 Å². The van der Waals surface area contributed by atoms with Crippen molar-refractivity contribution in [1.29, 1.82) is 0 Å². The molecule has 2 aromatic rings. The number of nitrogens with one attached hydrogen (secondary N) is 2. The number of hydrogen-bond donors (Lipinski definition) is 2. The van der Waals surface area contributed by atoms with Gasteiger partial charge in [0.05, 0.1) is 6.61 Å². The molecule has 1 saturated carbocycles. The van der Waals surface area contributed by atoms with Crippen molar-refractivity contribution >= 4 is 17.5 Å². The zero-order valence-electron chi connectivity index (χ0n) is 13.8. The normalized spacial score (nSPS) is 14.4. The van der Waals surface area contributed by atoms with Crippen molar-refractivity contribution in [3.63, 3.8) is 0 Å². The number of carbonyl (C=O) groups is 1. The van der Waals surface area contributed by atoms with Gasteiger partial charge in [0.1, 0.15) is 11.4 Å². The lowest BCUT2D eigenvalue weighted by Crippen LogP contribution is -2.19. The van der Waals surface area contributed by atoms with E-state index in [1.807, 2.05) is 31.2 Å². The van der Waals surface area contributed by atoms with Gasteiger partial charge in [0.15, 0.2) is 0 Å². The molecule has 1 aromatic carbocycles. The molecule has 1 aliphatic rings. The molecule has 0 atom stereocenters. The quantitative estimate of drug-likeness (QED) is 0.850. The van der Waals surface area contributed by atoms with Crippen LogP contribution in [0.1, 0.15) is 43.1 Å². The summed E-state index contributed by atoms with van der Waals surface area (Å²) in [6, 6.07) is 9.29. The Hall–Kier alpha value is -2.63. The van der Waals surface area contributed by atoms with E-state index in [9.17, 15) is 4.79 Å². The number of rotatable bonds is 6. The van der Waals surface area contributed by atoms with Crippen LogP contribution in [0.3, 0.4) is 0 Å². The molecular formula is C18H22N4O2. The Balaban J connectivity index is 1.63. The average molecular weight is 326 g/mol. The van der Waals surface area contributed by atoms with E-state index in [0.29, 0.717) is 30.0 Å². The molecule has 1 fully saturated rings. The molecule has 0 aliphatic heterocycles. The number of amides is 1. The van der Waals surface area contributed by atoms with E-state index in [1.54, 1.807) is 12.3 Å². The van der Waals surface area contributed by atoms with E-state index < -0.39 is 0 Å². The summed E-state index contributed by atoms with van der Waals surface area (Å²) < 4.78 is 5.39. The summed E-state index contributed by atoms with van der Waals surface area (Å²) in [6.45, 7) is 2.55. The Morgan fingerprint density at radius 2 is 1.96 bits per heavy atom. The highest BCUT2D eigenvalue weighted by Crippen LogP contribution is 2.21. The minimum Gasteiger partial charge on any atom is -0.494 e. The van der Waals surface area contributed by atoms with E-state index in [4.69, 9.17) is 4.74 Å². The lowest BCUT2D eigenvalue weighted by molar-refractivity contribution is 0.102. The fourth-order valence-corrected chi connectivity index (χ4v) is 2.80. The Labute approximate surface area is 141 Å². The molecular weight excluding hydrogens is 304 g/mol. The van der Waals surface area contributed by atoms with Crippen LogP contribution in [0.15, 0.2) is 36.5 Å². The van der Waals surface area contributed by atoms with Gasteiger partial charge in [-0.1, -0.05) is 12.8 Å². The average Bonchev–Trinajstić information content (AvgIpc) is 3.10. The van der Waals surface area contributed by atoms with Crippen LogP contribution in [0, 0.1) is 0 Å². The lowest BCUT2D eigenvalue weighted by atomic mass is 10.2. The van der Waals surface area contributed by atoms with E-state index in [1.165, 1.54) is 12.8 Å². The maximum atomic E-state index is 12.4. The highest BCUT2D eigenvalue weighted by atomic mass is 16.5. The second-order valence-electron chi connectivity index (χ2n) is 5.80. The molecule has 0 unspecified atom stereocenters. The van der Waals surface area contributed by atoms with Crippen molar-refractivity contribution < 1.29 is 9.53 Å². The summed E-state index contributed by atoms with van der Waals surface area (Å²) in [7, 11) is 0. The van der Waals surface area contributed by atoms with Gasteiger partial charge in [0.25, 0.3) is 5.91 Å². The molecule has 0 spiro atoms. The van der Waals surface area contributed by atoms with Crippen molar-refractivity contribution in [2.75, 3.05) is 17.2 Å². The summed E-state index contributed by atoms with van der Waals surface area (Å²) in [6.07, 6.45) is 6.33. The smallest absolute Gasteiger partial charge is 0.274 e. The third-order valence-corrected chi connectivity index (χ3v) is 4.00. The first-order valence-corrected chi connectivity index (χ1v) is 8.38. The summed E-state index contributed by atoms with van der Waals surface area (Å²) in [5, 5.41) is 6.14. The van der Waals surface area contributed by atoms with Crippen LogP contribution >= 0.6 is 0 Å². The van der Waals surface area contributed by atoms with Crippen LogP contribution in [-0.4, -0.2) is 28.5 Å². The standard InChI is InChI=1S/C18H22N4O2/c1-2-24-15-9-7-14(8-10-15)20-17(23)16-11-12-19-18(22-16)21-13-5-3-4-6-13/h7-13H,2-6H2,1H3,(H,20,23)(H,19,21,22). The largest absolute Gasteiger partial charge is 0.494 e. The van der Waals surface area contributed by atoms with Crippen molar-refractivity contribution in [3.8, 4) is 5.75 Å². The van der Waals surface area contributed by atoms with E-state index in [-0.39, 0.29) is 5.91 Å². The minimum absolute atomic E-state index is 0.254. The predicted octanol–water partition coefficient (Wildman–Crippen LogP) is 3.48. The lowest BCUT2D eigenvalue weighted by Gasteiger charge is -2.12. The molecule has 6 heteroatoms. The molecule has 0 saturated heterocycles. The molecule has 1 aromatic heterocycles. The number of carbonyl (C=O) groups excluding carboxylic acids is 1. The van der Waals surface area contributed by atoms with Gasteiger partial charge < -0.3 is 15.4 Å². The zero-order valence-corrected chi connectivity index (χ0v) is 13.8. The zero-order chi connectivity index (χ0) is 16.8. The third kappa shape index (κ3) is 4.22. The Morgan fingerprint density at radius 3 is 2.67 bits per heavy atom. The van der Waals surface area contributed by atoms with Gasteiger partial charge in [-0.2, -0.15) is 0 Å². The summed E-state index contributed by atoms with van der Waals surface area (Å²) in [5.41, 5.74) is 1.05. The molecule has 1 amide bonds. The Bertz CT molecular complexity index is 682. The second-order valence-corrected chi connectivity index (χ2v) is 5.80. The molecule has 0 radical (unpaired) electrons. The first-order chi connectivity index (χ1) is 11.7. The van der Waals surface area contributed by atoms with Gasteiger partial charge in [-0.15, -0.1) is 0 Å². The van der Waals surface area contributed by atoms with Crippen LogP contribution in [0.25, 0.3) is 0 Å². The van der Waals surface area contributed by atoms with E-state index in [0.717, 1.165) is 18.6 Å². The topological polar surface area (TPSA) is 76.1 Å². The number of nitrogens with zero attached hydrogens (tertiary/aromatic N) is 2. The van der Waals surface area contributed by atoms with Gasteiger partial charge in [-0.25, -0.2) is 9.97 Å². The monoisotopic (exact) mass is 326 g/mol. The predicted molar refractivity (Wildman–Crippen MR) is 93.5 cm³/mol. The van der Waals surface area contributed by atoms with Gasteiger partial charge in [-0.05, 0) is 50.1 Å². The number of ether oxygens (including phenoxy) is 1. The molecule has 1 aliphatic carbocycles. The van der Waals surface area contributed by atoms with E-state index >= 15 is 0 Å².